The number of rotatable bonds is 4. The van der Waals surface area contributed by atoms with E-state index in [0.717, 1.165) is 44.9 Å². The van der Waals surface area contributed by atoms with Crippen LogP contribution >= 0.6 is 11.6 Å². The Labute approximate surface area is 72.1 Å². The molecule has 11 heavy (non-hydrogen) atoms. The van der Waals surface area contributed by atoms with Crippen molar-refractivity contribution in [1.82, 2.24) is 0 Å². The van der Waals surface area contributed by atoms with E-state index in [-0.39, 0.29) is 4.87 Å². The molecular weight excluding hydrogens is 163 g/mol. The zero-order chi connectivity index (χ0) is 7.95. The first-order valence-electron chi connectivity index (χ1n) is 4.50. The van der Waals surface area contributed by atoms with Crippen molar-refractivity contribution in [1.29, 1.82) is 0 Å². The van der Waals surface area contributed by atoms with Gasteiger partial charge in [-0.15, -0.1) is 11.6 Å². The van der Waals surface area contributed by atoms with Crippen molar-refractivity contribution in [2.24, 2.45) is 0 Å². The van der Waals surface area contributed by atoms with E-state index >= 15 is 0 Å². The fourth-order valence-electron chi connectivity index (χ4n) is 1.49. The number of hydrogen-bond donors (Lipinski definition) is 0. The molecule has 2 fully saturated rings. The van der Waals surface area contributed by atoms with Gasteiger partial charge in [-0.3, -0.25) is 0 Å². The zero-order valence-corrected chi connectivity index (χ0v) is 7.46. The Kier molecular flexibility index (Phi) is 1.68. The Morgan fingerprint density at radius 2 is 1.73 bits per heavy atom. The minimum atomic E-state index is -0.762. The Hall–Kier alpha value is 0.220. The second kappa shape index (κ2) is 2.35. The van der Waals surface area contributed by atoms with E-state index in [1.165, 1.54) is 0 Å². The predicted molar refractivity (Wildman–Crippen MR) is 44.7 cm³/mol. The fraction of sp³-hybridized carbons (Fsp3) is 1.00. The Balaban J connectivity index is 1.60. The molecule has 0 amide bonds. The van der Waals surface area contributed by atoms with Crippen molar-refractivity contribution in [2.45, 2.75) is 55.5 Å². The monoisotopic (exact) mass is 176 g/mol. The van der Waals surface area contributed by atoms with Gasteiger partial charge in [0, 0.05) is 4.87 Å². The van der Waals surface area contributed by atoms with E-state index in [0.29, 0.717) is 0 Å². The standard InChI is InChI=1S/C9H14ClF/c10-8(4-5-8)2-1-3-9(11)6-7-9/h1-7H2. The second-order valence-electron chi connectivity index (χ2n) is 4.16. The van der Waals surface area contributed by atoms with Gasteiger partial charge >= 0.3 is 0 Å². The molecular formula is C9H14ClF. The smallest absolute Gasteiger partial charge is 0.111 e. The van der Waals surface area contributed by atoms with E-state index in [1.807, 2.05) is 0 Å². The molecule has 0 radical (unpaired) electrons. The molecule has 0 N–H and O–H groups in total. The van der Waals surface area contributed by atoms with Crippen LogP contribution < -0.4 is 0 Å². The topological polar surface area (TPSA) is 0 Å². The first-order valence-corrected chi connectivity index (χ1v) is 4.88. The van der Waals surface area contributed by atoms with Gasteiger partial charge < -0.3 is 0 Å². The molecule has 0 aromatic heterocycles. The van der Waals surface area contributed by atoms with Crippen LogP contribution in [0.5, 0.6) is 0 Å². The maximum Gasteiger partial charge on any atom is 0.111 e. The molecule has 2 heteroatoms. The molecule has 0 aromatic carbocycles. The maximum absolute atomic E-state index is 13.1. The van der Waals surface area contributed by atoms with Crippen LogP contribution in [-0.4, -0.2) is 10.5 Å². The molecule has 0 saturated heterocycles. The summed E-state index contributed by atoms with van der Waals surface area (Å²) in [5.74, 6) is 0. The third kappa shape index (κ3) is 2.08. The molecule has 0 nitrogen and oxygen atoms in total. The summed E-state index contributed by atoms with van der Waals surface area (Å²) in [5.41, 5.74) is -0.762. The largest absolute Gasteiger partial charge is 0.244 e. The summed E-state index contributed by atoms with van der Waals surface area (Å²) in [6.07, 6.45) is 6.65. The Morgan fingerprint density at radius 3 is 2.18 bits per heavy atom. The van der Waals surface area contributed by atoms with Crippen LogP contribution in [0, 0.1) is 0 Å². The van der Waals surface area contributed by atoms with E-state index in [2.05, 4.69) is 0 Å². The van der Waals surface area contributed by atoms with Gasteiger partial charge in [0.2, 0.25) is 0 Å². The van der Waals surface area contributed by atoms with E-state index in [4.69, 9.17) is 11.6 Å². The summed E-state index contributed by atoms with van der Waals surface area (Å²) in [6, 6.07) is 0. The SMILES string of the molecule is FC1(CCCC2(Cl)CC2)CC1. The lowest BCUT2D eigenvalue weighted by Gasteiger charge is -2.06. The quantitative estimate of drug-likeness (QED) is 0.576. The molecule has 64 valence electrons. The van der Waals surface area contributed by atoms with Gasteiger partial charge in [0.25, 0.3) is 0 Å². The molecule has 0 aliphatic heterocycles. The third-order valence-corrected chi connectivity index (χ3v) is 3.40. The van der Waals surface area contributed by atoms with Gasteiger partial charge in [-0.1, -0.05) is 0 Å². The van der Waals surface area contributed by atoms with Crippen molar-refractivity contribution in [3.63, 3.8) is 0 Å². The fourth-order valence-corrected chi connectivity index (χ4v) is 1.72. The minimum absolute atomic E-state index is 0.102. The Bertz CT molecular complexity index is 141. The van der Waals surface area contributed by atoms with Crippen LogP contribution in [-0.2, 0) is 0 Å². The summed E-state index contributed by atoms with van der Waals surface area (Å²) < 4.78 is 13.1. The molecule has 0 bridgehead atoms. The van der Waals surface area contributed by atoms with Crippen molar-refractivity contribution in [3.8, 4) is 0 Å². The van der Waals surface area contributed by atoms with Crippen molar-refractivity contribution < 1.29 is 4.39 Å². The highest BCUT2D eigenvalue weighted by atomic mass is 35.5. The highest BCUT2D eigenvalue weighted by molar-refractivity contribution is 6.25. The lowest BCUT2D eigenvalue weighted by Crippen LogP contribution is -2.03. The van der Waals surface area contributed by atoms with E-state index in [9.17, 15) is 4.39 Å². The first kappa shape index (κ1) is 7.85. The van der Waals surface area contributed by atoms with Crippen molar-refractivity contribution in [3.05, 3.63) is 0 Å². The van der Waals surface area contributed by atoms with Gasteiger partial charge in [0.1, 0.15) is 5.67 Å². The first-order chi connectivity index (χ1) is 5.12. The predicted octanol–water partition coefficient (Wildman–Crippen LogP) is 3.43. The van der Waals surface area contributed by atoms with Crippen LogP contribution in [0.3, 0.4) is 0 Å². The lowest BCUT2D eigenvalue weighted by molar-refractivity contribution is 0.280. The molecule has 2 rings (SSSR count). The molecule has 2 aliphatic carbocycles. The average molecular weight is 177 g/mol. The van der Waals surface area contributed by atoms with Crippen LogP contribution in [0.4, 0.5) is 4.39 Å². The molecule has 0 aromatic rings. The van der Waals surface area contributed by atoms with Crippen LogP contribution in [0.15, 0.2) is 0 Å². The molecule has 0 heterocycles. The van der Waals surface area contributed by atoms with E-state index < -0.39 is 5.67 Å². The number of halogens is 2. The summed E-state index contributed by atoms with van der Waals surface area (Å²) in [5, 5.41) is 0. The summed E-state index contributed by atoms with van der Waals surface area (Å²) in [4.78, 5) is 0.102. The molecule has 0 unspecified atom stereocenters. The number of hydrogen-bond acceptors (Lipinski definition) is 0. The molecule has 0 spiro atoms. The van der Waals surface area contributed by atoms with Crippen LogP contribution in [0.1, 0.15) is 44.9 Å². The van der Waals surface area contributed by atoms with Crippen LogP contribution in [0.2, 0.25) is 0 Å². The third-order valence-electron chi connectivity index (χ3n) is 2.83. The summed E-state index contributed by atoms with van der Waals surface area (Å²) >= 11 is 6.07. The summed E-state index contributed by atoms with van der Waals surface area (Å²) in [7, 11) is 0. The van der Waals surface area contributed by atoms with Crippen molar-refractivity contribution >= 4 is 11.6 Å². The molecule has 0 atom stereocenters. The van der Waals surface area contributed by atoms with Gasteiger partial charge in [0.15, 0.2) is 0 Å². The highest BCUT2D eigenvalue weighted by Crippen LogP contribution is 2.49. The molecule has 2 aliphatic rings. The number of alkyl halides is 2. The van der Waals surface area contributed by atoms with Gasteiger partial charge in [-0.25, -0.2) is 4.39 Å². The van der Waals surface area contributed by atoms with Crippen LogP contribution in [0.25, 0.3) is 0 Å². The summed E-state index contributed by atoms with van der Waals surface area (Å²) in [6.45, 7) is 0. The van der Waals surface area contributed by atoms with Crippen molar-refractivity contribution in [2.75, 3.05) is 0 Å². The Morgan fingerprint density at radius 1 is 1.09 bits per heavy atom. The normalized spacial score (nSPS) is 30.0. The zero-order valence-electron chi connectivity index (χ0n) is 6.71. The van der Waals surface area contributed by atoms with Gasteiger partial charge in [-0.05, 0) is 44.9 Å². The van der Waals surface area contributed by atoms with Gasteiger partial charge in [0.05, 0.1) is 0 Å². The second-order valence-corrected chi connectivity index (χ2v) is 4.96. The highest BCUT2D eigenvalue weighted by Gasteiger charge is 2.44. The average Bonchev–Trinajstić information content (AvgIpc) is 2.78. The lowest BCUT2D eigenvalue weighted by atomic mass is 10.1. The van der Waals surface area contributed by atoms with Gasteiger partial charge in [-0.2, -0.15) is 0 Å². The minimum Gasteiger partial charge on any atom is -0.244 e. The maximum atomic E-state index is 13.1. The molecule has 2 saturated carbocycles. The van der Waals surface area contributed by atoms with E-state index in [1.54, 1.807) is 0 Å².